The fourth-order valence-corrected chi connectivity index (χ4v) is 0. The largest absolute Gasteiger partial charge is 0.560 e. The summed E-state index contributed by atoms with van der Waals surface area (Å²) in [6.07, 6.45) is -4.12. The van der Waals surface area contributed by atoms with E-state index in [-0.39, 0.29) is 0 Å². The van der Waals surface area contributed by atoms with Gasteiger partial charge >= 0.3 is 6.30 Å². The predicted octanol–water partition coefficient (Wildman–Crippen LogP) is 1.21. The molecular weight excluding hydrogens is 119 g/mol. The van der Waals surface area contributed by atoms with E-state index in [1.165, 1.54) is 0 Å². The first kappa shape index (κ1) is 7.75. The Morgan fingerprint density at radius 1 is 1.00 bits per heavy atom. The lowest BCUT2D eigenvalue weighted by molar-refractivity contribution is -0.981. The van der Waals surface area contributed by atoms with E-state index in [0.717, 1.165) is 21.1 Å². The summed E-state index contributed by atoms with van der Waals surface area (Å²) in [5, 5.41) is 0. The molecule has 0 amide bonds. The van der Waals surface area contributed by atoms with Crippen LogP contribution >= 0.6 is 0 Å². The fourth-order valence-electron chi connectivity index (χ4n) is 0. The molecule has 0 heterocycles. The zero-order valence-electron chi connectivity index (χ0n) is 5.08. The van der Waals surface area contributed by atoms with Crippen molar-refractivity contribution in [3.8, 4) is 0 Å². The highest BCUT2D eigenvalue weighted by molar-refractivity contribution is 4.22. The van der Waals surface area contributed by atoms with Crippen molar-refractivity contribution in [2.24, 2.45) is 0 Å². The molecule has 0 fully saturated rings. The number of halogens is 3. The van der Waals surface area contributed by atoms with Crippen LogP contribution in [-0.2, 0) is 0 Å². The molecular formula is C4H9F3N+. The third-order valence-electron chi connectivity index (χ3n) is 0.761. The van der Waals surface area contributed by atoms with E-state index in [1.807, 2.05) is 0 Å². The molecule has 8 heavy (non-hydrogen) atoms. The van der Waals surface area contributed by atoms with E-state index in [9.17, 15) is 13.2 Å². The van der Waals surface area contributed by atoms with Crippen LogP contribution in [0.25, 0.3) is 0 Å². The van der Waals surface area contributed by atoms with E-state index in [4.69, 9.17) is 0 Å². The SMILES string of the molecule is C[N+](C)(C)C(F)(F)F. The predicted molar refractivity (Wildman–Crippen MR) is 24.1 cm³/mol. The van der Waals surface area contributed by atoms with Crippen LogP contribution in [0.15, 0.2) is 0 Å². The smallest absolute Gasteiger partial charge is 0.238 e. The fraction of sp³-hybridized carbons (Fsp3) is 1.00. The van der Waals surface area contributed by atoms with E-state index in [0.29, 0.717) is 0 Å². The van der Waals surface area contributed by atoms with Gasteiger partial charge in [0.05, 0.1) is 21.1 Å². The minimum absolute atomic E-state index is 0.979. The number of hydrogen-bond acceptors (Lipinski definition) is 0. The highest BCUT2D eigenvalue weighted by Gasteiger charge is 2.44. The first-order valence-corrected chi connectivity index (χ1v) is 2.13. The zero-order valence-corrected chi connectivity index (χ0v) is 5.08. The summed E-state index contributed by atoms with van der Waals surface area (Å²) in [4.78, 5) is 0. The van der Waals surface area contributed by atoms with Gasteiger partial charge in [-0.3, -0.25) is 0 Å². The molecule has 0 radical (unpaired) electrons. The van der Waals surface area contributed by atoms with Crippen LogP contribution in [0.2, 0.25) is 0 Å². The molecule has 0 aromatic rings. The zero-order chi connectivity index (χ0) is 7.00. The molecule has 50 valence electrons. The Morgan fingerprint density at radius 2 is 1.12 bits per heavy atom. The Balaban J connectivity index is 4.02. The Hall–Kier alpha value is -0.250. The highest BCUT2D eigenvalue weighted by atomic mass is 19.4. The second-order valence-electron chi connectivity index (χ2n) is 2.48. The van der Waals surface area contributed by atoms with Crippen LogP contribution < -0.4 is 0 Å². The first-order valence-electron chi connectivity index (χ1n) is 2.13. The van der Waals surface area contributed by atoms with Gasteiger partial charge in [-0.25, -0.2) is 4.48 Å². The van der Waals surface area contributed by atoms with Gasteiger partial charge in [0.25, 0.3) is 0 Å². The van der Waals surface area contributed by atoms with E-state index < -0.39 is 10.8 Å². The average Bonchev–Trinajstić information content (AvgIpc) is 1.25. The molecule has 0 aliphatic carbocycles. The van der Waals surface area contributed by atoms with Crippen LogP contribution in [0.3, 0.4) is 0 Å². The maximum absolute atomic E-state index is 11.5. The minimum atomic E-state index is -4.12. The third-order valence-corrected chi connectivity index (χ3v) is 0.761. The van der Waals surface area contributed by atoms with Gasteiger partial charge in [-0.2, -0.15) is 0 Å². The summed E-state index contributed by atoms with van der Waals surface area (Å²) >= 11 is 0. The maximum atomic E-state index is 11.5. The van der Waals surface area contributed by atoms with Crippen LogP contribution in [0.5, 0.6) is 0 Å². The van der Waals surface area contributed by atoms with Gasteiger partial charge in [-0.15, -0.1) is 13.2 Å². The van der Waals surface area contributed by atoms with Gasteiger partial charge in [0.15, 0.2) is 0 Å². The number of nitrogens with zero attached hydrogens (tertiary/aromatic N) is 1. The van der Waals surface area contributed by atoms with Gasteiger partial charge in [-0.1, -0.05) is 0 Å². The molecule has 0 aromatic carbocycles. The van der Waals surface area contributed by atoms with Crippen molar-refractivity contribution in [3.05, 3.63) is 0 Å². The Labute approximate surface area is 46.3 Å². The van der Waals surface area contributed by atoms with Gasteiger partial charge < -0.3 is 0 Å². The van der Waals surface area contributed by atoms with Crippen molar-refractivity contribution in [1.29, 1.82) is 0 Å². The van der Waals surface area contributed by atoms with Gasteiger partial charge in [-0.05, 0) is 0 Å². The highest BCUT2D eigenvalue weighted by Crippen LogP contribution is 2.22. The molecule has 4 heteroatoms. The molecule has 1 nitrogen and oxygen atoms in total. The summed E-state index contributed by atoms with van der Waals surface area (Å²) < 4.78 is 33.6. The van der Waals surface area contributed by atoms with Crippen LogP contribution in [0.1, 0.15) is 0 Å². The molecule has 0 atom stereocenters. The topological polar surface area (TPSA) is 0 Å². The van der Waals surface area contributed by atoms with Crippen molar-refractivity contribution in [3.63, 3.8) is 0 Å². The number of quaternary nitrogens is 1. The van der Waals surface area contributed by atoms with Crippen LogP contribution in [0, 0.1) is 0 Å². The van der Waals surface area contributed by atoms with Crippen molar-refractivity contribution in [2.75, 3.05) is 21.1 Å². The lowest BCUT2D eigenvalue weighted by atomic mass is 10.7. The lowest BCUT2D eigenvalue weighted by Crippen LogP contribution is -2.47. The summed E-state index contributed by atoms with van der Waals surface area (Å²) in [6.45, 7) is 0. The van der Waals surface area contributed by atoms with E-state index >= 15 is 0 Å². The summed E-state index contributed by atoms with van der Waals surface area (Å²) in [5.74, 6) is 0. The Kier molecular flexibility index (Phi) is 1.57. The molecule has 0 N–H and O–H groups in total. The molecule has 0 saturated carbocycles. The maximum Gasteiger partial charge on any atom is 0.560 e. The number of hydrogen-bond donors (Lipinski definition) is 0. The molecule has 0 unspecified atom stereocenters. The van der Waals surface area contributed by atoms with E-state index in [2.05, 4.69) is 0 Å². The molecule has 0 rings (SSSR count). The van der Waals surface area contributed by atoms with Crippen molar-refractivity contribution in [1.82, 2.24) is 0 Å². The second kappa shape index (κ2) is 1.62. The third kappa shape index (κ3) is 1.69. The van der Waals surface area contributed by atoms with E-state index in [1.54, 1.807) is 0 Å². The molecule has 0 spiro atoms. The molecule has 0 aliphatic heterocycles. The average molecular weight is 128 g/mol. The summed E-state index contributed by atoms with van der Waals surface area (Å²) in [7, 11) is 3.25. The van der Waals surface area contributed by atoms with Gasteiger partial charge in [0.1, 0.15) is 0 Å². The van der Waals surface area contributed by atoms with Crippen LogP contribution in [-0.4, -0.2) is 31.9 Å². The quantitative estimate of drug-likeness (QED) is 0.340. The van der Waals surface area contributed by atoms with Crippen molar-refractivity contribution >= 4 is 0 Å². The minimum Gasteiger partial charge on any atom is -0.238 e. The van der Waals surface area contributed by atoms with Gasteiger partial charge in [0.2, 0.25) is 0 Å². The van der Waals surface area contributed by atoms with Gasteiger partial charge in [0, 0.05) is 0 Å². The van der Waals surface area contributed by atoms with Crippen molar-refractivity contribution < 1.29 is 17.7 Å². The normalized spacial score (nSPS) is 14.2. The first-order chi connectivity index (χ1) is 3.25. The summed E-state index contributed by atoms with van der Waals surface area (Å²) in [6, 6.07) is 0. The molecule has 0 aromatic heterocycles. The second-order valence-corrected chi connectivity index (χ2v) is 2.48. The van der Waals surface area contributed by atoms with Crippen LogP contribution in [0.4, 0.5) is 13.2 Å². The standard InChI is InChI=1S/C4H9F3N/c1-8(2,3)4(5,6)7/h1-3H3/q+1. The lowest BCUT2D eigenvalue weighted by Gasteiger charge is -2.24. The molecule has 0 saturated heterocycles. The monoisotopic (exact) mass is 128 g/mol. The molecule has 0 aliphatic rings. The Morgan fingerprint density at radius 3 is 1.12 bits per heavy atom. The molecule has 0 bridgehead atoms. The summed E-state index contributed by atoms with van der Waals surface area (Å²) in [5.41, 5.74) is 0. The number of alkyl halides is 3. The van der Waals surface area contributed by atoms with Crippen molar-refractivity contribution in [2.45, 2.75) is 6.30 Å². The number of rotatable bonds is 0. The Bertz CT molecular complexity index is 66.3.